The third-order valence-corrected chi connectivity index (χ3v) is 3.93. The zero-order valence-corrected chi connectivity index (χ0v) is 11.0. The molecule has 0 saturated heterocycles. The molecule has 3 nitrogen and oxygen atoms in total. The van der Waals surface area contributed by atoms with Gasteiger partial charge in [0.15, 0.2) is 0 Å². The van der Waals surface area contributed by atoms with E-state index in [1.54, 1.807) is 6.07 Å². The maximum Gasteiger partial charge on any atom is 0.329 e. The molecule has 0 aliphatic rings. The third kappa shape index (κ3) is 2.69. The molecule has 3 rings (SSSR count). The molecule has 0 amide bonds. The molecule has 0 saturated carbocycles. The molecule has 0 aromatic heterocycles. The van der Waals surface area contributed by atoms with Crippen LogP contribution in [0.15, 0.2) is 54.6 Å². The quantitative estimate of drug-likeness (QED) is 0.552. The van der Waals surface area contributed by atoms with Crippen LogP contribution in [-0.2, 0) is 10.7 Å². The summed E-state index contributed by atoms with van der Waals surface area (Å²) < 4.78 is 11.0. The molecular formula is C15H13O3P. The molecule has 0 fully saturated rings. The molecular weight excluding hydrogens is 259 g/mol. The Labute approximate surface area is 110 Å². The smallest absolute Gasteiger partial charge is 0.324 e. The maximum absolute atomic E-state index is 11.0. The zero-order chi connectivity index (χ0) is 13.5. The highest BCUT2D eigenvalue weighted by atomic mass is 31.2. The van der Waals surface area contributed by atoms with Gasteiger partial charge in [0, 0.05) is 0 Å². The number of hydrogen-bond acceptors (Lipinski definition) is 1. The number of hydrogen-bond donors (Lipinski definition) is 2. The van der Waals surface area contributed by atoms with Gasteiger partial charge in [-0.3, -0.25) is 4.57 Å². The second kappa shape index (κ2) is 4.46. The normalized spacial score (nSPS) is 12.1. The van der Waals surface area contributed by atoms with Gasteiger partial charge in [0.25, 0.3) is 0 Å². The summed E-state index contributed by atoms with van der Waals surface area (Å²) in [5.41, 5.74) is 0.663. The first-order chi connectivity index (χ1) is 9.01. The van der Waals surface area contributed by atoms with E-state index in [-0.39, 0.29) is 6.16 Å². The van der Waals surface area contributed by atoms with Crippen LogP contribution in [0.25, 0.3) is 21.5 Å². The van der Waals surface area contributed by atoms with Crippen molar-refractivity contribution in [2.75, 3.05) is 0 Å². The molecule has 19 heavy (non-hydrogen) atoms. The lowest BCUT2D eigenvalue weighted by atomic mass is 10.0. The lowest BCUT2D eigenvalue weighted by molar-refractivity contribution is 0.372. The Kier molecular flexibility index (Phi) is 2.90. The fraction of sp³-hybridized carbons (Fsp3) is 0.0667. The van der Waals surface area contributed by atoms with Crippen molar-refractivity contribution in [2.45, 2.75) is 6.16 Å². The molecule has 0 aliphatic heterocycles. The summed E-state index contributed by atoms with van der Waals surface area (Å²) in [5, 5.41) is 4.37. The van der Waals surface area contributed by atoms with Gasteiger partial charge in [-0.1, -0.05) is 42.5 Å². The molecule has 0 atom stereocenters. The molecule has 0 heterocycles. The van der Waals surface area contributed by atoms with E-state index in [4.69, 9.17) is 9.79 Å². The Hall–Kier alpha value is -1.67. The number of benzene rings is 3. The maximum atomic E-state index is 11.0. The van der Waals surface area contributed by atoms with E-state index in [2.05, 4.69) is 12.1 Å². The van der Waals surface area contributed by atoms with Crippen LogP contribution < -0.4 is 0 Å². The van der Waals surface area contributed by atoms with E-state index in [0.29, 0.717) is 5.56 Å². The Morgan fingerprint density at radius 2 is 1.37 bits per heavy atom. The lowest BCUT2D eigenvalue weighted by Crippen LogP contribution is -1.87. The molecule has 4 heteroatoms. The van der Waals surface area contributed by atoms with Gasteiger partial charge in [0.05, 0.1) is 6.16 Å². The standard InChI is InChI=1S/C15H13O3P/c16-19(17,18)10-11-5-6-14-8-12-3-1-2-4-13(12)9-15(14)7-11/h1-9H,10H2,(H2,16,17,18). The Bertz CT molecular complexity index is 805. The van der Waals surface area contributed by atoms with Gasteiger partial charge in [-0.2, -0.15) is 0 Å². The zero-order valence-electron chi connectivity index (χ0n) is 10.2. The summed E-state index contributed by atoms with van der Waals surface area (Å²) in [6, 6.07) is 17.7. The van der Waals surface area contributed by atoms with Crippen molar-refractivity contribution in [3.05, 3.63) is 60.2 Å². The molecule has 3 aromatic rings. The van der Waals surface area contributed by atoms with Crippen LogP contribution in [0.2, 0.25) is 0 Å². The van der Waals surface area contributed by atoms with Crippen molar-refractivity contribution >= 4 is 29.1 Å². The highest BCUT2D eigenvalue weighted by Crippen LogP contribution is 2.39. The van der Waals surface area contributed by atoms with Crippen LogP contribution in [-0.4, -0.2) is 9.79 Å². The molecule has 0 radical (unpaired) electrons. The van der Waals surface area contributed by atoms with Crippen LogP contribution in [0.3, 0.4) is 0 Å². The number of fused-ring (bicyclic) bond motifs is 2. The fourth-order valence-electron chi connectivity index (χ4n) is 2.33. The largest absolute Gasteiger partial charge is 0.329 e. The molecule has 3 aromatic carbocycles. The highest BCUT2D eigenvalue weighted by Gasteiger charge is 2.14. The van der Waals surface area contributed by atoms with Crippen molar-refractivity contribution in [1.82, 2.24) is 0 Å². The summed E-state index contributed by atoms with van der Waals surface area (Å²) in [4.78, 5) is 18.1. The van der Waals surface area contributed by atoms with Crippen LogP contribution in [0.4, 0.5) is 0 Å². The summed E-state index contributed by atoms with van der Waals surface area (Å²) in [7, 11) is -4.01. The molecule has 0 spiro atoms. The van der Waals surface area contributed by atoms with Crippen molar-refractivity contribution in [3.63, 3.8) is 0 Å². The van der Waals surface area contributed by atoms with Crippen LogP contribution >= 0.6 is 7.60 Å². The van der Waals surface area contributed by atoms with E-state index in [0.717, 1.165) is 21.5 Å². The summed E-state index contributed by atoms with van der Waals surface area (Å²) >= 11 is 0. The summed E-state index contributed by atoms with van der Waals surface area (Å²) in [5.74, 6) is 0. The summed E-state index contributed by atoms with van der Waals surface area (Å²) in [6.45, 7) is 0. The van der Waals surface area contributed by atoms with E-state index in [1.165, 1.54) is 0 Å². The summed E-state index contributed by atoms with van der Waals surface area (Å²) in [6.07, 6.45) is -0.213. The number of rotatable bonds is 2. The third-order valence-electron chi connectivity index (χ3n) is 3.16. The van der Waals surface area contributed by atoms with Gasteiger partial charge in [-0.25, -0.2) is 0 Å². The first kappa shape index (κ1) is 12.4. The second-order valence-electron chi connectivity index (χ2n) is 4.70. The van der Waals surface area contributed by atoms with Gasteiger partial charge in [-0.15, -0.1) is 0 Å². The SMILES string of the molecule is O=P(O)(O)Cc1ccc2cc3ccccc3cc2c1. The van der Waals surface area contributed by atoms with Crippen molar-refractivity contribution in [3.8, 4) is 0 Å². The predicted molar refractivity (Wildman–Crippen MR) is 77.2 cm³/mol. The average molecular weight is 272 g/mol. The van der Waals surface area contributed by atoms with Gasteiger partial charge in [0.2, 0.25) is 0 Å². The Morgan fingerprint density at radius 1 is 0.789 bits per heavy atom. The van der Waals surface area contributed by atoms with Gasteiger partial charge in [0.1, 0.15) is 0 Å². The molecule has 0 bridgehead atoms. The van der Waals surface area contributed by atoms with E-state index in [1.807, 2.05) is 36.4 Å². The second-order valence-corrected chi connectivity index (χ2v) is 6.35. The highest BCUT2D eigenvalue weighted by molar-refractivity contribution is 7.50. The molecule has 0 unspecified atom stereocenters. The minimum atomic E-state index is -4.01. The predicted octanol–water partition coefficient (Wildman–Crippen LogP) is 3.67. The van der Waals surface area contributed by atoms with Crippen molar-refractivity contribution in [2.24, 2.45) is 0 Å². The minimum absolute atomic E-state index is 0.213. The van der Waals surface area contributed by atoms with E-state index in [9.17, 15) is 4.57 Å². The lowest BCUT2D eigenvalue weighted by Gasteiger charge is -2.07. The molecule has 96 valence electrons. The minimum Gasteiger partial charge on any atom is -0.324 e. The Morgan fingerprint density at radius 3 is 2.00 bits per heavy atom. The Balaban J connectivity index is 2.17. The van der Waals surface area contributed by atoms with Crippen molar-refractivity contribution < 1.29 is 14.4 Å². The average Bonchev–Trinajstić information content (AvgIpc) is 2.34. The van der Waals surface area contributed by atoms with Gasteiger partial charge < -0.3 is 9.79 Å². The van der Waals surface area contributed by atoms with E-state index < -0.39 is 7.60 Å². The first-order valence-electron chi connectivity index (χ1n) is 5.97. The molecule has 0 aliphatic carbocycles. The van der Waals surface area contributed by atoms with Gasteiger partial charge in [-0.05, 0) is 39.2 Å². The van der Waals surface area contributed by atoms with Gasteiger partial charge >= 0.3 is 7.60 Å². The van der Waals surface area contributed by atoms with Crippen LogP contribution in [0.5, 0.6) is 0 Å². The van der Waals surface area contributed by atoms with Crippen LogP contribution in [0, 0.1) is 0 Å². The van der Waals surface area contributed by atoms with E-state index >= 15 is 0 Å². The van der Waals surface area contributed by atoms with Crippen molar-refractivity contribution in [1.29, 1.82) is 0 Å². The first-order valence-corrected chi connectivity index (χ1v) is 7.77. The topological polar surface area (TPSA) is 57.5 Å². The van der Waals surface area contributed by atoms with Crippen LogP contribution in [0.1, 0.15) is 5.56 Å². The molecule has 2 N–H and O–H groups in total. The monoisotopic (exact) mass is 272 g/mol. The fourth-order valence-corrected chi connectivity index (χ4v) is 3.00.